The summed E-state index contributed by atoms with van der Waals surface area (Å²) in [5, 5.41) is 13.5. The van der Waals surface area contributed by atoms with Crippen LogP contribution in [-0.2, 0) is 13.0 Å². The molecule has 3 nitrogen and oxygen atoms in total. The molecule has 0 aliphatic carbocycles. The molecule has 2 N–H and O–H groups in total. The third kappa shape index (κ3) is 5.77. The molecule has 1 aliphatic rings. The van der Waals surface area contributed by atoms with Gasteiger partial charge in [-0.2, -0.15) is 0 Å². The van der Waals surface area contributed by atoms with E-state index >= 15 is 0 Å². The van der Waals surface area contributed by atoms with Gasteiger partial charge in [0.15, 0.2) is 0 Å². The summed E-state index contributed by atoms with van der Waals surface area (Å²) in [6.45, 7) is 11.2. The molecular formula is C18H30N2O. The summed E-state index contributed by atoms with van der Waals surface area (Å²) in [7, 11) is 0. The first-order valence-electron chi connectivity index (χ1n) is 8.12. The van der Waals surface area contributed by atoms with Crippen LogP contribution in [0.2, 0.25) is 0 Å². The first-order valence-corrected chi connectivity index (χ1v) is 8.12. The minimum Gasteiger partial charge on any atom is -0.390 e. The fourth-order valence-corrected chi connectivity index (χ4v) is 2.80. The minimum absolute atomic E-state index is 0.282. The fourth-order valence-electron chi connectivity index (χ4n) is 2.80. The highest BCUT2D eigenvalue weighted by Gasteiger charge is 2.18. The molecule has 0 aromatic heterocycles. The van der Waals surface area contributed by atoms with Gasteiger partial charge in [-0.3, -0.25) is 4.90 Å². The van der Waals surface area contributed by atoms with Gasteiger partial charge < -0.3 is 10.4 Å². The highest BCUT2D eigenvalue weighted by Crippen LogP contribution is 2.18. The van der Waals surface area contributed by atoms with E-state index in [9.17, 15) is 5.11 Å². The van der Waals surface area contributed by atoms with Crippen molar-refractivity contribution in [2.45, 2.75) is 46.3 Å². The second-order valence-corrected chi connectivity index (χ2v) is 7.42. The van der Waals surface area contributed by atoms with E-state index in [1.165, 1.54) is 11.1 Å². The minimum atomic E-state index is -0.282. The SMILES string of the molecule is CC(C)(C)CCNCC(O)CN1CCc2ccccc2C1. The Morgan fingerprint density at radius 2 is 1.95 bits per heavy atom. The molecule has 1 unspecified atom stereocenters. The predicted molar refractivity (Wildman–Crippen MR) is 88.4 cm³/mol. The quantitative estimate of drug-likeness (QED) is 0.790. The molecular weight excluding hydrogens is 260 g/mol. The van der Waals surface area contributed by atoms with Crippen LogP contribution >= 0.6 is 0 Å². The molecule has 2 rings (SSSR count). The van der Waals surface area contributed by atoms with Crippen LogP contribution in [-0.4, -0.2) is 42.3 Å². The van der Waals surface area contributed by atoms with E-state index in [1.54, 1.807) is 0 Å². The average molecular weight is 290 g/mol. The van der Waals surface area contributed by atoms with E-state index in [4.69, 9.17) is 0 Å². The van der Waals surface area contributed by atoms with Crippen LogP contribution in [0.15, 0.2) is 24.3 Å². The molecule has 118 valence electrons. The van der Waals surface area contributed by atoms with E-state index in [0.717, 1.165) is 39.0 Å². The van der Waals surface area contributed by atoms with Crippen molar-refractivity contribution in [3.8, 4) is 0 Å². The third-order valence-corrected chi connectivity index (χ3v) is 4.11. The zero-order chi connectivity index (χ0) is 15.3. The standard InChI is InChI=1S/C18H30N2O/c1-18(2,3)9-10-19-12-17(21)14-20-11-8-15-6-4-5-7-16(15)13-20/h4-7,17,19,21H,8-14H2,1-3H3. The maximum absolute atomic E-state index is 10.2. The summed E-state index contributed by atoms with van der Waals surface area (Å²) in [4.78, 5) is 2.36. The first kappa shape index (κ1) is 16.5. The summed E-state index contributed by atoms with van der Waals surface area (Å²) in [6, 6.07) is 8.64. The van der Waals surface area contributed by atoms with E-state index in [-0.39, 0.29) is 6.10 Å². The molecule has 1 aromatic carbocycles. The Hall–Kier alpha value is -0.900. The Bertz CT molecular complexity index is 439. The third-order valence-electron chi connectivity index (χ3n) is 4.11. The lowest BCUT2D eigenvalue weighted by Gasteiger charge is -2.30. The zero-order valence-electron chi connectivity index (χ0n) is 13.7. The van der Waals surface area contributed by atoms with Gasteiger partial charge in [-0.05, 0) is 35.9 Å². The number of fused-ring (bicyclic) bond motifs is 1. The Morgan fingerprint density at radius 1 is 1.24 bits per heavy atom. The average Bonchev–Trinajstić information content (AvgIpc) is 2.42. The van der Waals surface area contributed by atoms with Gasteiger partial charge in [0.25, 0.3) is 0 Å². The highest BCUT2D eigenvalue weighted by molar-refractivity contribution is 5.29. The number of nitrogens with one attached hydrogen (secondary N) is 1. The Kier molecular flexibility index (Phi) is 5.80. The summed E-state index contributed by atoms with van der Waals surface area (Å²) in [5.41, 5.74) is 3.23. The highest BCUT2D eigenvalue weighted by atomic mass is 16.3. The van der Waals surface area contributed by atoms with Gasteiger partial charge in [-0.25, -0.2) is 0 Å². The van der Waals surface area contributed by atoms with Gasteiger partial charge in [0.2, 0.25) is 0 Å². The van der Waals surface area contributed by atoms with Crippen molar-refractivity contribution in [2.75, 3.05) is 26.2 Å². The van der Waals surface area contributed by atoms with Crippen molar-refractivity contribution >= 4 is 0 Å². The van der Waals surface area contributed by atoms with Crippen LogP contribution in [0.5, 0.6) is 0 Å². The zero-order valence-corrected chi connectivity index (χ0v) is 13.7. The van der Waals surface area contributed by atoms with Gasteiger partial charge in [0, 0.05) is 26.2 Å². The molecule has 0 radical (unpaired) electrons. The van der Waals surface area contributed by atoms with Crippen LogP contribution in [0.3, 0.4) is 0 Å². The largest absolute Gasteiger partial charge is 0.390 e. The number of hydrogen-bond donors (Lipinski definition) is 2. The molecule has 0 amide bonds. The topological polar surface area (TPSA) is 35.5 Å². The lowest BCUT2D eigenvalue weighted by atomic mass is 9.92. The molecule has 0 bridgehead atoms. The summed E-state index contributed by atoms with van der Waals surface area (Å²) < 4.78 is 0. The van der Waals surface area contributed by atoms with Gasteiger partial charge in [-0.1, -0.05) is 45.0 Å². The van der Waals surface area contributed by atoms with E-state index in [0.29, 0.717) is 12.0 Å². The first-order chi connectivity index (χ1) is 9.94. The van der Waals surface area contributed by atoms with Crippen molar-refractivity contribution in [3.63, 3.8) is 0 Å². The van der Waals surface area contributed by atoms with E-state index < -0.39 is 0 Å². The second kappa shape index (κ2) is 7.39. The number of hydrogen-bond acceptors (Lipinski definition) is 3. The predicted octanol–water partition coefficient (Wildman–Crippen LogP) is 2.43. The van der Waals surface area contributed by atoms with Crippen molar-refractivity contribution in [1.29, 1.82) is 0 Å². The molecule has 0 saturated heterocycles. The molecule has 1 aliphatic heterocycles. The van der Waals surface area contributed by atoms with Crippen molar-refractivity contribution < 1.29 is 5.11 Å². The summed E-state index contributed by atoms with van der Waals surface area (Å²) in [6.07, 6.45) is 1.95. The fraction of sp³-hybridized carbons (Fsp3) is 0.667. The second-order valence-electron chi connectivity index (χ2n) is 7.42. The monoisotopic (exact) mass is 290 g/mol. The number of aliphatic hydroxyl groups excluding tert-OH is 1. The number of aliphatic hydroxyl groups is 1. The van der Waals surface area contributed by atoms with Crippen LogP contribution in [0.25, 0.3) is 0 Å². The summed E-state index contributed by atoms with van der Waals surface area (Å²) >= 11 is 0. The molecule has 0 fully saturated rings. The van der Waals surface area contributed by atoms with Crippen LogP contribution < -0.4 is 5.32 Å². The van der Waals surface area contributed by atoms with Gasteiger partial charge >= 0.3 is 0 Å². The van der Waals surface area contributed by atoms with E-state index in [1.807, 2.05) is 0 Å². The molecule has 3 heteroatoms. The summed E-state index contributed by atoms with van der Waals surface area (Å²) in [5.74, 6) is 0. The molecule has 1 aromatic rings. The molecule has 1 atom stereocenters. The normalized spacial score (nSPS) is 17.5. The lowest BCUT2D eigenvalue weighted by Crippen LogP contribution is -2.41. The Labute approximate surface area is 129 Å². The maximum atomic E-state index is 10.2. The Morgan fingerprint density at radius 3 is 2.67 bits per heavy atom. The molecule has 1 heterocycles. The Balaban J connectivity index is 1.68. The van der Waals surface area contributed by atoms with Crippen molar-refractivity contribution in [3.05, 3.63) is 35.4 Å². The van der Waals surface area contributed by atoms with Crippen LogP contribution in [0.1, 0.15) is 38.3 Å². The number of benzene rings is 1. The smallest absolute Gasteiger partial charge is 0.0791 e. The molecule has 0 spiro atoms. The van der Waals surface area contributed by atoms with Gasteiger partial charge in [0.1, 0.15) is 0 Å². The van der Waals surface area contributed by atoms with Crippen molar-refractivity contribution in [2.24, 2.45) is 5.41 Å². The number of rotatable bonds is 6. The van der Waals surface area contributed by atoms with Crippen molar-refractivity contribution in [1.82, 2.24) is 10.2 Å². The number of nitrogens with zero attached hydrogens (tertiary/aromatic N) is 1. The molecule has 21 heavy (non-hydrogen) atoms. The maximum Gasteiger partial charge on any atom is 0.0791 e. The van der Waals surface area contributed by atoms with Gasteiger partial charge in [0.05, 0.1) is 6.10 Å². The molecule has 0 saturated carbocycles. The van der Waals surface area contributed by atoms with Crippen LogP contribution in [0, 0.1) is 5.41 Å². The lowest BCUT2D eigenvalue weighted by molar-refractivity contribution is 0.104. The van der Waals surface area contributed by atoms with Crippen LogP contribution in [0.4, 0.5) is 0 Å². The van der Waals surface area contributed by atoms with E-state index in [2.05, 4.69) is 55.3 Å². The number of β-amino-alcohol motifs (C(OH)–C–C–N with tert-alkyl or cyclic N) is 1. The van der Waals surface area contributed by atoms with Gasteiger partial charge in [-0.15, -0.1) is 0 Å².